The van der Waals surface area contributed by atoms with Gasteiger partial charge in [-0.1, -0.05) is 0 Å². The second kappa shape index (κ2) is 2.92. The predicted molar refractivity (Wildman–Crippen MR) is 57.0 cm³/mol. The van der Waals surface area contributed by atoms with Crippen molar-refractivity contribution < 1.29 is 4.39 Å². The van der Waals surface area contributed by atoms with Crippen LogP contribution in [0.25, 0.3) is 10.2 Å². The van der Waals surface area contributed by atoms with Crippen molar-refractivity contribution in [2.45, 2.75) is 6.92 Å². The van der Waals surface area contributed by atoms with Crippen LogP contribution in [0.2, 0.25) is 0 Å². The summed E-state index contributed by atoms with van der Waals surface area (Å²) in [5.41, 5.74) is 1.44. The minimum Gasteiger partial charge on any atom is -0.230 e. The number of fused-ring (bicyclic) bond motifs is 1. The van der Waals surface area contributed by atoms with Crippen molar-refractivity contribution in [1.29, 1.82) is 0 Å². The molecule has 0 atom stereocenters. The molecule has 0 saturated carbocycles. The lowest BCUT2D eigenvalue weighted by atomic mass is 10.2. The van der Waals surface area contributed by atoms with E-state index in [1.165, 1.54) is 6.07 Å². The van der Waals surface area contributed by atoms with E-state index in [-0.39, 0.29) is 5.82 Å². The zero-order valence-electron chi connectivity index (χ0n) is 6.27. The predicted octanol–water partition coefficient (Wildman–Crippen LogP) is 3.35. The first-order valence-corrected chi connectivity index (χ1v) is 5.28. The molecule has 0 amide bonds. The molecule has 0 saturated heterocycles. The van der Waals surface area contributed by atoms with Crippen LogP contribution in [0.15, 0.2) is 12.1 Å². The van der Waals surface area contributed by atoms with Gasteiger partial charge in [0.25, 0.3) is 0 Å². The quantitative estimate of drug-likeness (QED) is 0.679. The molecular weight excluding hydrogens is 288 g/mol. The smallest absolute Gasteiger partial charge is 0.155 e. The topological polar surface area (TPSA) is 12.9 Å². The van der Waals surface area contributed by atoms with Crippen LogP contribution in [0.1, 0.15) is 5.56 Å². The standard InChI is InChI=1S/C8H5FINS/c1-4-2-7-6(3-5(4)9)11-8(10)12-7/h2-3H,1H3. The number of halogens is 2. The van der Waals surface area contributed by atoms with Crippen LogP contribution in [-0.4, -0.2) is 4.98 Å². The molecule has 2 aromatic rings. The Kier molecular flexibility index (Phi) is 2.04. The molecule has 1 heterocycles. The highest BCUT2D eigenvalue weighted by atomic mass is 127. The van der Waals surface area contributed by atoms with Crippen molar-refractivity contribution in [3.05, 3.63) is 26.5 Å². The molecule has 1 nitrogen and oxygen atoms in total. The Morgan fingerprint density at radius 3 is 3.00 bits per heavy atom. The maximum absolute atomic E-state index is 13.0. The zero-order chi connectivity index (χ0) is 8.72. The average molecular weight is 293 g/mol. The Balaban J connectivity index is 2.83. The van der Waals surface area contributed by atoms with Gasteiger partial charge in [0.15, 0.2) is 3.01 Å². The number of rotatable bonds is 0. The van der Waals surface area contributed by atoms with E-state index in [9.17, 15) is 4.39 Å². The van der Waals surface area contributed by atoms with E-state index in [2.05, 4.69) is 27.6 Å². The van der Waals surface area contributed by atoms with Crippen LogP contribution in [-0.2, 0) is 0 Å². The summed E-state index contributed by atoms with van der Waals surface area (Å²) in [7, 11) is 0. The molecule has 1 aromatic carbocycles. The summed E-state index contributed by atoms with van der Waals surface area (Å²) in [6, 6.07) is 3.33. The lowest BCUT2D eigenvalue weighted by Gasteiger charge is -1.93. The maximum atomic E-state index is 13.0. The number of nitrogens with zero attached hydrogens (tertiary/aromatic N) is 1. The summed E-state index contributed by atoms with van der Waals surface area (Å²) in [4.78, 5) is 4.18. The molecule has 0 aliphatic carbocycles. The summed E-state index contributed by atoms with van der Waals surface area (Å²) in [5, 5.41) is 0. The van der Waals surface area contributed by atoms with Crippen molar-refractivity contribution in [3.63, 3.8) is 0 Å². The Morgan fingerprint density at radius 2 is 2.25 bits per heavy atom. The third-order valence-corrected chi connectivity index (χ3v) is 3.35. The lowest BCUT2D eigenvalue weighted by Crippen LogP contribution is -1.80. The first-order chi connectivity index (χ1) is 5.66. The number of thiazole rings is 1. The van der Waals surface area contributed by atoms with Gasteiger partial charge in [0.05, 0.1) is 10.2 Å². The molecule has 0 fully saturated rings. The fraction of sp³-hybridized carbons (Fsp3) is 0.125. The van der Waals surface area contributed by atoms with Crippen molar-refractivity contribution in [3.8, 4) is 0 Å². The van der Waals surface area contributed by atoms with Gasteiger partial charge in [-0.2, -0.15) is 0 Å². The minimum atomic E-state index is -0.177. The SMILES string of the molecule is Cc1cc2sc(I)nc2cc1F. The number of benzene rings is 1. The summed E-state index contributed by atoms with van der Waals surface area (Å²) in [6.07, 6.45) is 0. The van der Waals surface area contributed by atoms with E-state index in [1.807, 2.05) is 6.07 Å². The van der Waals surface area contributed by atoms with E-state index in [0.29, 0.717) is 5.56 Å². The Labute approximate surface area is 86.8 Å². The number of aryl methyl sites for hydroxylation is 1. The van der Waals surface area contributed by atoms with Gasteiger partial charge in [0.1, 0.15) is 5.82 Å². The first-order valence-electron chi connectivity index (χ1n) is 3.39. The third-order valence-electron chi connectivity index (χ3n) is 1.64. The summed E-state index contributed by atoms with van der Waals surface area (Å²) in [5.74, 6) is -0.177. The summed E-state index contributed by atoms with van der Waals surface area (Å²) >= 11 is 3.73. The molecule has 4 heteroatoms. The van der Waals surface area contributed by atoms with Crippen LogP contribution in [0.4, 0.5) is 4.39 Å². The normalized spacial score (nSPS) is 10.9. The van der Waals surface area contributed by atoms with E-state index in [4.69, 9.17) is 0 Å². The van der Waals surface area contributed by atoms with Crippen molar-refractivity contribution in [2.75, 3.05) is 0 Å². The number of hydrogen-bond donors (Lipinski definition) is 0. The van der Waals surface area contributed by atoms with Crippen molar-refractivity contribution in [1.82, 2.24) is 4.98 Å². The van der Waals surface area contributed by atoms with E-state index < -0.39 is 0 Å². The lowest BCUT2D eigenvalue weighted by molar-refractivity contribution is 0.620. The molecule has 0 N–H and O–H groups in total. The maximum Gasteiger partial charge on any atom is 0.155 e. The zero-order valence-corrected chi connectivity index (χ0v) is 9.24. The van der Waals surface area contributed by atoms with Crippen LogP contribution < -0.4 is 0 Å². The fourth-order valence-corrected chi connectivity index (χ4v) is 2.76. The van der Waals surface area contributed by atoms with E-state index in [1.54, 1.807) is 18.3 Å². The first kappa shape index (κ1) is 8.37. The Bertz CT molecular complexity index is 399. The third kappa shape index (κ3) is 1.33. The number of aromatic nitrogens is 1. The molecular formula is C8H5FINS. The van der Waals surface area contributed by atoms with Crippen LogP contribution in [0, 0.1) is 15.8 Å². The molecule has 0 radical (unpaired) electrons. The average Bonchev–Trinajstić information content (AvgIpc) is 2.30. The van der Waals surface area contributed by atoms with Gasteiger partial charge in [-0.15, -0.1) is 11.3 Å². The van der Waals surface area contributed by atoms with Gasteiger partial charge in [0, 0.05) is 6.07 Å². The van der Waals surface area contributed by atoms with Gasteiger partial charge >= 0.3 is 0 Å². The summed E-state index contributed by atoms with van der Waals surface area (Å²) < 4.78 is 15.0. The van der Waals surface area contributed by atoms with Crippen molar-refractivity contribution in [2.24, 2.45) is 0 Å². The Hall–Kier alpha value is -0.230. The molecule has 2 rings (SSSR count). The molecule has 0 aliphatic rings. The second-order valence-corrected chi connectivity index (χ2v) is 5.32. The fourth-order valence-electron chi connectivity index (χ4n) is 1.02. The molecule has 1 aromatic heterocycles. The number of hydrogen-bond acceptors (Lipinski definition) is 2. The second-order valence-electron chi connectivity index (χ2n) is 2.54. The molecule has 0 spiro atoms. The van der Waals surface area contributed by atoms with Crippen LogP contribution >= 0.6 is 33.9 Å². The van der Waals surface area contributed by atoms with Gasteiger partial charge in [0.2, 0.25) is 0 Å². The van der Waals surface area contributed by atoms with Gasteiger partial charge in [-0.25, -0.2) is 9.37 Å². The van der Waals surface area contributed by atoms with Crippen molar-refractivity contribution >= 4 is 44.1 Å². The molecule has 62 valence electrons. The van der Waals surface area contributed by atoms with Crippen LogP contribution in [0.3, 0.4) is 0 Å². The summed E-state index contributed by atoms with van der Waals surface area (Å²) in [6.45, 7) is 1.77. The molecule has 12 heavy (non-hydrogen) atoms. The van der Waals surface area contributed by atoms with Gasteiger partial charge in [-0.05, 0) is 41.1 Å². The molecule has 0 aliphatic heterocycles. The molecule has 0 unspecified atom stereocenters. The molecule has 0 bridgehead atoms. The monoisotopic (exact) mass is 293 g/mol. The Morgan fingerprint density at radius 1 is 1.50 bits per heavy atom. The highest BCUT2D eigenvalue weighted by Gasteiger charge is 2.04. The highest BCUT2D eigenvalue weighted by Crippen LogP contribution is 2.25. The van der Waals surface area contributed by atoms with Gasteiger partial charge < -0.3 is 0 Å². The highest BCUT2D eigenvalue weighted by molar-refractivity contribution is 14.1. The van der Waals surface area contributed by atoms with Crippen LogP contribution in [0.5, 0.6) is 0 Å². The van der Waals surface area contributed by atoms with E-state index >= 15 is 0 Å². The van der Waals surface area contributed by atoms with E-state index in [0.717, 1.165) is 13.2 Å². The van der Waals surface area contributed by atoms with Gasteiger partial charge in [-0.3, -0.25) is 0 Å². The largest absolute Gasteiger partial charge is 0.230 e. The minimum absolute atomic E-state index is 0.177.